The van der Waals surface area contributed by atoms with Crippen LogP contribution in [0.4, 0.5) is 5.69 Å². The van der Waals surface area contributed by atoms with E-state index < -0.39 is 0 Å². The molecule has 0 N–H and O–H groups in total. The molecule has 1 atom stereocenters. The number of halogens is 2. The third-order valence-electron chi connectivity index (χ3n) is 3.30. The third kappa shape index (κ3) is 3.51. The summed E-state index contributed by atoms with van der Waals surface area (Å²) < 4.78 is 2.30. The fraction of sp³-hybridized carbons (Fsp3) is 0.400. The van der Waals surface area contributed by atoms with Crippen LogP contribution in [-0.4, -0.2) is 11.9 Å². The van der Waals surface area contributed by atoms with Crippen LogP contribution >= 0.6 is 45.2 Å². The molecule has 19 heavy (non-hydrogen) atoms. The van der Waals surface area contributed by atoms with E-state index in [2.05, 4.69) is 76.4 Å². The summed E-state index contributed by atoms with van der Waals surface area (Å²) in [5.41, 5.74) is 2.30. The van der Waals surface area contributed by atoms with E-state index >= 15 is 0 Å². The maximum Gasteiger partial charge on any atom is 0.224 e. The Bertz CT molecular complexity index is 502. The molecule has 0 spiro atoms. The van der Waals surface area contributed by atoms with Gasteiger partial charge in [-0.15, -0.1) is 0 Å². The summed E-state index contributed by atoms with van der Waals surface area (Å²) in [5, 5.41) is 0. The second kappa shape index (κ2) is 6.56. The van der Waals surface area contributed by atoms with E-state index in [9.17, 15) is 4.79 Å². The molecule has 0 bridgehead atoms. The highest BCUT2D eigenvalue weighted by molar-refractivity contribution is 14.1. The molecule has 1 aromatic rings. The number of hydrogen-bond donors (Lipinski definition) is 0. The van der Waals surface area contributed by atoms with Gasteiger partial charge in [0.05, 0.1) is 11.7 Å². The van der Waals surface area contributed by atoms with E-state index in [0.29, 0.717) is 0 Å². The number of carbonyl (C=O) groups excluding carboxylic acids is 1. The first kappa shape index (κ1) is 15.3. The van der Waals surface area contributed by atoms with Crippen LogP contribution in [0.25, 0.3) is 0 Å². The lowest BCUT2D eigenvalue weighted by Gasteiger charge is -2.32. The SMILES string of the molecule is CC(=O)N(c1c(I)cc(C)cc1I)[C@@H]1C=CCCC1. The summed E-state index contributed by atoms with van der Waals surface area (Å²) in [5.74, 6) is 0.122. The minimum Gasteiger partial charge on any atom is -0.304 e. The van der Waals surface area contributed by atoms with Gasteiger partial charge in [0.25, 0.3) is 0 Å². The Morgan fingerprint density at radius 3 is 2.42 bits per heavy atom. The van der Waals surface area contributed by atoms with Gasteiger partial charge in [-0.25, -0.2) is 0 Å². The van der Waals surface area contributed by atoms with Crippen LogP contribution in [0.3, 0.4) is 0 Å². The molecule has 0 saturated carbocycles. The fourth-order valence-corrected chi connectivity index (χ4v) is 5.09. The normalized spacial score (nSPS) is 18.4. The summed E-state index contributed by atoms with van der Waals surface area (Å²) in [4.78, 5) is 14.1. The number of anilines is 1. The second-order valence-electron chi connectivity index (χ2n) is 4.89. The van der Waals surface area contributed by atoms with E-state index in [1.54, 1.807) is 6.92 Å². The number of allylic oxidation sites excluding steroid dienone is 1. The molecule has 0 unspecified atom stereocenters. The Labute approximate surface area is 141 Å². The predicted octanol–water partition coefficient (Wildman–Crippen LogP) is 4.67. The zero-order valence-electron chi connectivity index (χ0n) is 11.1. The number of rotatable bonds is 2. The molecule has 102 valence electrons. The number of amides is 1. The molecule has 1 aromatic carbocycles. The van der Waals surface area contributed by atoms with Crippen LogP contribution in [0.1, 0.15) is 31.7 Å². The first-order valence-corrected chi connectivity index (χ1v) is 8.58. The average molecular weight is 481 g/mol. The quantitative estimate of drug-likeness (QED) is 0.445. The third-order valence-corrected chi connectivity index (χ3v) is 4.95. The van der Waals surface area contributed by atoms with Crippen molar-refractivity contribution >= 4 is 56.8 Å². The predicted molar refractivity (Wildman–Crippen MR) is 96.6 cm³/mol. The Kier molecular flexibility index (Phi) is 5.28. The van der Waals surface area contributed by atoms with E-state index in [4.69, 9.17) is 0 Å². The first-order valence-electron chi connectivity index (χ1n) is 6.43. The molecule has 0 saturated heterocycles. The maximum atomic E-state index is 12.1. The van der Waals surface area contributed by atoms with Crippen LogP contribution in [0.2, 0.25) is 0 Å². The molecule has 4 heteroatoms. The van der Waals surface area contributed by atoms with Crippen LogP contribution in [0.5, 0.6) is 0 Å². The molecule has 0 fully saturated rings. The van der Waals surface area contributed by atoms with E-state index in [-0.39, 0.29) is 11.9 Å². The van der Waals surface area contributed by atoms with E-state index in [1.807, 2.05) is 4.90 Å². The summed E-state index contributed by atoms with van der Waals surface area (Å²) in [6, 6.07) is 4.48. The highest BCUT2D eigenvalue weighted by Crippen LogP contribution is 2.33. The molecule has 2 nitrogen and oxygen atoms in total. The molecule has 1 aliphatic rings. The molecule has 0 aliphatic heterocycles. The molecule has 0 heterocycles. The van der Waals surface area contributed by atoms with Crippen molar-refractivity contribution in [3.05, 3.63) is 37.0 Å². The number of aryl methyl sites for hydroxylation is 1. The maximum absolute atomic E-state index is 12.1. The van der Waals surface area contributed by atoms with Gasteiger partial charge in [-0.2, -0.15) is 0 Å². The lowest BCUT2D eigenvalue weighted by Crippen LogP contribution is -2.39. The van der Waals surface area contributed by atoms with Gasteiger partial charge in [0.1, 0.15) is 0 Å². The Hall–Kier alpha value is -0.110. The zero-order chi connectivity index (χ0) is 14.0. The largest absolute Gasteiger partial charge is 0.304 e. The van der Waals surface area contributed by atoms with Crippen molar-refractivity contribution in [2.24, 2.45) is 0 Å². The van der Waals surface area contributed by atoms with Crippen molar-refractivity contribution in [1.82, 2.24) is 0 Å². The van der Waals surface area contributed by atoms with E-state index in [0.717, 1.165) is 32.1 Å². The van der Waals surface area contributed by atoms with Crippen LogP contribution in [0, 0.1) is 14.1 Å². The molecule has 2 rings (SSSR count). The standard InChI is InChI=1S/C15H17I2NO/c1-10-8-13(16)15(14(17)9-10)18(11(2)19)12-6-4-3-5-7-12/h4,6,8-9,12H,3,5,7H2,1-2H3/t12-/m1/s1. The van der Waals surface area contributed by atoms with Gasteiger partial charge in [0.15, 0.2) is 0 Å². The Morgan fingerprint density at radius 1 is 1.32 bits per heavy atom. The lowest BCUT2D eigenvalue weighted by atomic mass is 10.0. The van der Waals surface area contributed by atoms with Gasteiger partial charge < -0.3 is 4.90 Å². The average Bonchev–Trinajstić information content (AvgIpc) is 2.34. The monoisotopic (exact) mass is 481 g/mol. The molecule has 0 aromatic heterocycles. The number of hydrogen-bond acceptors (Lipinski definition) is 1. The van der Waals surface area contributed by atoms with Crippen molar-refractivity contribution in [2.75, 3.05) is 4.90 Å². The van der Waals surface area contributed by atoms with Crippen molar-refractivity contribution in [2.45, 2.75) is 39.2 Å². The highest BCUT2D eigenvalue weighted by Gasteiger charge is 2.25. The van der Waals surface area contributed by atoms with Crippen molar-refractivity contribution in [3.8, 4) is 0 Å². The molecule has 0 radical (unpaired) electrons. The van der Waals surface area contributed by atoms with Gasteiger partial charge in [0.2, 0.25) is 5.91 Å². The minimum atomic E-state index is 0.122. The molecular formula is C15H17I2NO. The van der Waals surface area contributed by atoms with Crippen molar-refractivity contribution in [1.29, 1.82) is 0 Å². The van der Waals surface area contributed by atoms with E-state index in [1.165, 1.54) is 5.56 Å². The van der Waals surface area contributed by atoms with Gasteiger partial charge >= 0.3 is 0 Å². The lowest BCUT2D eigenvalue weighted by molar-refractivity contribution is -0.116. The molecular weight excluding hydrogens is 464 g/mol. The van der Waals surface area contributed by atoms with Gasteiger partial charge in [-0.1, -0.05) is 12.2 Å². The van der Waals surface area contributed by atoms with Crippen LogP contribution < -0.4 is 4.90 Å². The topological polar surface area (TPSA) is 20.3 Å². The van der Waals surface area contributed by atoms with Crippen molar-refractivity contribution in [3.63, 3.8) is 0 Å². The molecule has 1 aliphatic carbocycles. The number of benzene rings is 1. The second-order valence-corrected chi connectivity index (χ2v) is 7.22. The fourth-order valence-electron chi connectivity index (χ4n) is 2.49. The summed E-state index contributed by atoms with van der Waals surface area (Å²) in [6.45, 7) is 3.75. The van der Waals surface area contributed by atoms with Gasteiger partial charge in [0, 0.05) is 14.1 Å². The minimum absolute atomic E-state index is 0.122. The number of nitrogens with zero attached hydrogens (tertiary/aromatic N) is 1. The summed E-state index contributed by atoms with van der Waals surface area (Å²) in [6.07, 6.45) is 7.71. The Morgan fingerprint density at radius 2 is 1.95 bits per heavy atom. The van der Waals surface area contributed by atoms with Crippen molar-refractivity contribution < 1.29 is 4.79 Å². The van der Waals surface area contributed by atoms with Gasteiger partial charge in [-0.05, 0) is 89.1 Å². The smallest absolute Gasteiger partial charge is 0.224 e. The van der Waals surface area contributed by atoms with Crippen LogP contribution in [0.15, 0.2) is 24.3 Å². The van der Waals surface area contributed by atoms with Crippen LogP contribution in [-0.2, 0) is 4.79 Å². The Balaban J connectivity index is 2.48. The summed E-state index contributed by atoms with van der Waals surface area (Å²) >= 11 is 4.67. The van der Waals surface area contributed by atoms with Gasteiger partial charge in [-0.3, -0.25) is 4.79 Å². The molecule has 1 amide bonds. The highest BCUT2D eigenvalue weighted by atomic mass is 127. The number of carbonyl (C=O) groups is 1. The first-order chi connectivity index (χ1) is 9.00. The zero-order valence-corrected chi connectivity index (χ0v) is 15.4. The summed E-state index contributed by atoms with van der Waals surface area (Å²) in [7, 11) is 0.